The highest BCUT2D eigenvalue weighted by Crippen LogP contribution is 2.23. The highest BCUT2D eigenvalue weighted by Gasteiger charge is 2.19. The average Bonchev–Trinajstić information content (AvgIpc) is 3.10. The number of para-hydroxylation sites is 1. The molecule has 1 amide bonds. The molecule has 0 spiro atoms. The highest BCUT2D eigenvalue weighted by atomic mass is 16.2. The van der Waals surface area contributed by atoms with Crippen molar-refractivity contribution < 1.29 is 4.79 Å². The van der Waals surface area contributed by atoms with Crippen molar-refractivity contribution in [3.63, 3.8) is 0 Å². The number of aromatic nitrogens is 4. The monoisotopic (exact) mass is 298 g/mol. The van der Waals surface area contributed by atoms with E-state index in [-0.39, 0.29) is 17.9 Å². The van der Waals surface area contributed by atoms with Gasteiger partial charge in [0.25, 0.3) is 5.91 Å². The number of carbonyl (C=O) groups is 1. The molecule has 0 radical (unpaired) electrons. The van der Waals surface area contributed by atoms with Gasteiger partial charge in [0.05, 0.1) is 6.04 Å². The summed E-state index contributed by atoms with van der Waals surface area (Å²) in [5, 5.41) is 10.5. The Kier molecular flexibility index (Phi) is 3.54. The van der Waals surface area contributed by atoms with Crippen LogP contribution < -0.4 is 11.1 Å². The molecule has 0 fully saturated rings. The zero-order valence-corrected chi connectivity index (χ0v) is 12.5. The number of hydrogen-bond donors (Lipinski definition) is 4. The third-order valence-corrected chi connectivity index (χ3v) is 3.67. The van der Waals surface area contributed by atoms with Gasteiger partial charge in [-0.05, 0) is 25.0 Å². The Morgan fingerprint density at radius 2 is 2.18 bits per heavy atom. The fourth-order valence-electron chi connectivity index (χ4n) is 2.58. The number of hydrogen-bond acceptors (Lipinski definition) is 4. The molecule has 0 aliphatic heterocycles. The minimum absolute atomic E-state index is 0.163. The maximum atomic E-state index is 12.5. The van der Waals surface area contributed by atoms with E-state index in [9.17, 15) is 4.79 Å². The predicted octanol–water partition coefficient (Wildman–Crippen LogP) is 1.92. The summed E-state index contributed by atoms with van der Waals surface area (Å²) in [5.74, 6) is 0.520. The zero-order valence-electron chi connectivity index (χ0n) is 12.5. The molecule has 1 aromatic carbocycles. The largest absolute Gasteiger partial charge is 0.367 e. The molecule has 1 unspecified atom stereocenters. The van der Waals surface area contributed by atoms with Gasteiger partial charge in [-0.25, -0.2) is 0 Å². The number of anilines is 1. The van der Waals surface area contributed by atoms with Crippen LogP contribution in [0.3, 0.4) is 0 Å². The first-order valence-corrected chi connectivity index (χ1v) is 7.18. The van der Waals surface area contributed by atoms with Crippen molar-refractivity contribution in [2.24, 2.45) is 0 Å². The third kappa shape index (κ3) is 2.41. The molecule has 3 aromatic rings. The van der Waals surface area contributed by atoms with Gasteiger partial charge in [-0.15, -0.1) is 5.10 Å². The number of amides is 1. The smallest absolute Gasteiger partial charge is 0.268 e. The molecule has 7 nitrogen and oxygen atoms in total. The standard InChI is InChI=1S/C15H18N6O/c1-3-9-10-6-4-5-7-11(10)18-12(9)14(22)17-8(2)13-19-15(16)21-20-13/h4-8,18H,3H2,1-2H3,(H,17,22)(H3,16,19,20,21). The second kappa shape index (κ2) is 5.51. The SMILES string of the molecule is CCc1c(C(=O)NC(C)c2nc(N)n[nH]2)[nH]c2ccccc12. The lowest BCUT2D eigenvalue weighted by Gasteiger charge is -2.11. The van der Waals surface area contributed by atoms with Crippen molar-refractivity contribution in [1.29, 1.82) is 0 Å². The minimum Gasteiger partial charge on any atom is -0.367 e. The summed E-state index contributed by atoms with van der Waals surface area (Å²) < 4.78 is 0. The van der Waals surface area contributed by atoms with Crippen LogP contribution in [0.4, 0.5) is 5.95 Å². The van der Waals surface area contributed by atoms with E-state index in [1.165, 1.54) is 0 Å². The van der Waals surface area contributed by atoms with Crippen molar-refractivity contribution >= 4 is 22.8 Å². The van der Waals surface area contributed by atoms with E-state index in [0.29, 0.717) is 11.5 Å². The lowest BCUT2D eigenvalue weighted by molar-refractivity contribution is 0.0933. The maximum Gasteiger partial charge on any atom is 0.268 e. The van der Waals surface area contributed by atoms with E-state index in [0.717, 1.165) is 22.9 Å². The number of nitrogens with zero attached hydrogens (tertiary/aromatic N) is 2. The molecule has 0 aliphatic rings. The molecule has 0 bridgehead atoms. The Labute approximate surface area is 127 Å². The number of aromatic amines is 2. The average molecular weight is 298 g/mol. The summed E-state index contributed by atoms with van der Waals surface area (Å²) in [6, 6.07) is 7.58. The topological polar surface area (TPSA) is 112 Å². The van der Waals surface area contributed by atoms with Gasteiger partial charge in [0.15, 0.2) is 0 Å². The second-order valence-electron chi connectivity index (χ2n) is 5.15. The van der Waals surface area contributed by atoms with Crippen LogP contribution in [0.2, 0.25) is 0 Å². The molecule has 0 saturated heterocycles. The van der Waals surface area contributed by atoms with Gasteiger partial charge in [0, 0.05) is 10.9 Å². The lowest BCUT2D eigenvalue weighted by Crippen LogP contribution is -2.28. The molecule has 0 aliphatic carbocycles. The molecule has 22 heavy (non-hydrogen) atoms. The number of nitrogens with two attached hydrogens (primary N) is 1. The number of nitrogens with one attached hydrogen (secondary N) is 3. The molecule has 1 atom stereocenters. The molecule has 0 saturated carbocycles. The van der Waals surface area contributed by atoms with Crippen LogP contribution >= 0.6 is 0 Å². The molecular weight excluding hydrogens is 280 g/mol. The van der Waals surface area contributed by atoms with E-state index < -0.39 is 0 Å². The Morgan fingerprint density at radius 3 is 2.86 bits per heavy atom. The number of aryl methyl sites for hydroxylation is 1. The molecule has 2 aromatic heterocycles. The molecule has 2 heterocycles. The number of fused-ring (bicyclic) bond motifs is 1. The van der Waals surface area contributed by atoms with E-state index in [1.807, 2.05) is 38.1 Å². The van der Waals surface area contributed by atoms with Crippen LogP contribution in [0.15, 0.2) is 24.3 Å². The van der Waals surface area contributed by atoms with Crippen LogP contribution in [0.5, 0.6) is 0 Å². The Bertz CT molecular complexity index is 818. The van der Waals surface area contributed by atoms with Crippen molar-refractivity contribution in [3.8, 4) is 0 Å². The lowest BCUT2D eigenvalue weighted by atomic mass is 10.1. The minimum atomic E-state index is -0.312. The molecule has 7 heteroatoms. The number of benzene rings is 1. The zero-order chi connectivity index (χ0) is 15.7. The summed E-state index contributed by atoms with van der Waals surface area (Å²) in [6.45, 7) is 3.86. The Balaban J connectivity index is 1.89. The van der Waals surface area contributed by atoms with Crippen LogP contribution in [-0.2, 0) is 6.42 Å². The first-order chi connectivity index (χ1) is 10.6. The quantitative estimate of drug-likeness (QED) is 0.589. The number of rotatable bonds is 4. The summed E-state index contributed by atoms with van der Waals surface area (Å²) in [7, 11) is 0. The van der Waals surface area contributed by atoms with E-state index in [1.54, 1.807) is 0 Å². The summed E-state index contributed by atoms with van der Waals surface area (Å²) in [4.78, 5) is 19.8. The fraction of sp³-hybridized carbons (Fsp3) is 0.267. The van der Waals surface area contributed by atoms with Crippen molar-refractivity contribution in [2.45, 2.75) is 26.3 Å². The fourth-order valence-corrected chi connectivity index (χ4v) is 2.58. The predicted molar refractivity (Wildman–Crippen MR) is 84.4 cm³/mol. The van der Waals surface area contributed by atoms with E-state index >= 15 is 0 Å². The van der Waals surface area contributed by atoms with E-state index in [4.69, 9.17) is 5.73 Å². The van der Waals surface area contributed by atoms with Gasteiger partial charge in [-0.2, -0.15) is 4.98 Å². The van der Waals surface area contributed by atoms with Gasteiger partial charge in [0.1, 0.15) is 11.5 Å². The Morgan fingerprint density at radius 1 is 1.41 bits per heavy atom. The maximum absolute atomic E-state index is 12.5. The van der Waals surface area contributed by atoms with Crippen LogP contribution in [0.25, 0.3) is 10.9 Å². The molecule has 114 valence electrons. The number of carbonyl (C=O) groups excluding carboxylic acids is 1. The summed E-state index contributed by atoms with van der Waals surface area (Å²) >= 11 is 0. The molecule has 3 rings (SSSR count). The van der Waals surface area contributed by atoms with Gasteiger partial charge in [-0.3, -0.25) is 9.89 Å². The Hall–Kier alpha value is -2.83. The van der Waals surface area contributed by atoms with Crippen LogP contribution in [-0.4, -0.2) is 26.1 Å². The van der Waals surface area contributed by atoms with Gasteiger partial charge < -0.3 is 16.0 Å². The normalized spacial score (nSPS) is 12.5. The van der Waals surface area contributed by atoms with Crippen molar-refractivity contribution in [3.05, 3.63) is 41.3 Å². The highest BCUT2D eigenvalue weighted by molar-refractivity contribution is 6.01. The van der Waals surface area contributed by atoms with Crippen molar-refractivity contribution in [1.82, 2.24) is 25.5 Å². The number of H-pyrrole nitrogens is 2. The first-order valence-electron chi connectivity index (χ1n) is 7.18. The van der Waals surface area contributed by atoms with Gasteiger partial charge in [0.2, 0.25) is 5.95 Å². The summed E-state index contributed by atoms with van der Waals surface area (Å²) in [5.41, 5.74) is 8.04. The van der Waals surface area contributed by atoms with Crippen LogP contribution in [0.1, 0.15) is 41.8 Å². The second-order valence-corrected chi connectivity index (χ2v) is 5.15. The third-order valence-electron chi connectivity index (χ3n) is 3.67. The van der Waals surface area contributed by atoms with Gasteiger partial charge in [-0.1, -0.05) is 25.1 Å². The van der Waals surface area contributed by atoms with Crippen molar-refractivity contribution in [2.75, 3.05) is 5.73 Å². The van der Waals surface area contributed by atoms with Gasteiger partial charge >= 0.3 is 0 Å². The summed E-state index contributed by atoms with van der Waals surface area (Å²) in [6.07, 6.45) is 0.774. The molecule has 5 N–H and O–H groups in total. The molecular formula is C15H18N6O. The first kappa shape index (κ1) is 14.1. The van der Waals surface area contributed by atoms with Crippen LogP contribution in [0, 0.1) is 0 Å². The number of nitrogen functional groups attached to an aromatic ring is 1. The van der Waals surface area contributed by atoms with E-state index in [2.05, 4.69) is 25.5 Å².